The molecule has 0 aliphatic carbocycles. The zero-order valence-electron chi connectivity index (χ0n) is 10.4. The van der Waals surface area contributed by atoms with Crippen LogP contribution in [0.1, 0.15) is 10.4 Å². The van der Waals surface area contributed by atoms with Crippen molar-refractivity contribution in [2.45, 2.75) is 0 Å². The molecule has 1 aromatic carbocycles. The molecule has 2 heterocycles. The molecule has 0 saturated carbocycles. The lowest BCUT2D eigenvalue weighted by molar-refractivity contribution is 0.100. The van der Waals surface area contributed by atoms with Crippen LogP contribution in [-0.4, -0.2) is 20.9 Å². The van der Waals surface area contributed by atoms with Gasteiger partial charge in [-0.25, -0.2) is 9.97 Å². The first-order chi connectivity index (χ1) is 9.65. The standard InChI is InChI=1S/C14H11N5O/c15-12-10(13(16)20)7-18-14(19-12)9-5-8-3-1-2-4-11(8)17-6-9/h1-7H,(H2,16,20)(H2,15,18,19). The van der Waals surface area contributed by atoms with Crippen LogP contribution >= 0.6 is 0 Å². The van der Waals surface area contributed by atoms with Gasteiger partial charge in [0.05, 0.1) is 11.1 Å². The van der Waals surface area contributed by atoms with Crippen LogP contribution in [0.25, 0.3) is 22.3 Å². The lowest BCUT2D eigenvalue weighted by Crippen LogP contribution is -2.15. The number of fused-ring (bicyclic) bond motifs is 1. The quantitative estimate of drug-likeness (QED) is 0.727. The van der Waals surface area contributed by atoms with Gasteiger partial charge in [-0.3, -0.25) is 9.78 Å². The minimum atomic E-state index is -0.648. The van der Waals surface area contributed by atoms with E-state index in [0.29, 0.717) is 5.82 Å². The molecular weight excluding hydrogens is 254 g/mol. The lowest BCUT2D eigenvalue weighted by Gasteiger charge is -2.05. The van der Waals surface area contributed by atoms with E-state index in [1.165, 1.54) is 6.20 Å². The second-order valence-corrected chi connectivity index (χ2v) is 4.27. The van der Waals surface area contributed by atoms with Crippen LogP contribution < -0.4 is 11.5 Å². The van der Waals surface area contributed by atoms with E-state index in [2.05, 4.69) is 15.0 Å². The third-order valence-corrected chi connectivity index (χ3v) is 2.93. The van der Waals surface area contributed by atoms with E-state index >= 15 is 0 Å². The highest BCUT2D eigenvalue weighted by Gasteiger charge is 2.10. The van der Waals surface area contributed by atoms with Crippen molar-refractivity contribution < 1.29 is 4.79 Å². The van der Waals surface area contributed by atoms with Crippen molar-refractivity contribution in [3.63, 3.8) is 0 Å². The summed E-state index contributed by atoms with van der Waals surface area (Å²) in [6.07, 6.45) is 3.00. The number of pyridine rings is 1. The van der Waals surface area contributed by atoms with E-state index in [1.807, 2.05) is 30.3 Å². The predicted octanol–water partition coefficient (Wildman–Crippen LogP) is 1.37. The van der Waals surface area contributed by atoms with Gasteiger partial charge in [-0.05, 0) is 12.1 Å². The highest BCUT2D eigenvalue weighted by atomic mass is 16.1. The Morgan fingerprint density at radius 1 is 1.10 bits per heavy atom. The van der Waals surface area contributed by atoms with Crippen molar-refractivity contribution in [2.75, 3.05) is 5.73 Å². The third-order valence-electron chi connectivity index (χ3n) is 2.93. The van der Waals surface area contributed by atoms with E-state index in [0.717, 1.165) is 16.5 Å². The monoisotopic (exact) mass is 265 g/mol. The maximum Gasteiger partial charge on any atom is 0.254 e. The number of benzene rings is 1. The zero-order chi connectivity index (χ0) is 14.1. The summed E-state index contributed by atoms with van der Waals surface area (Å²) in [5.41, 5.74) is 12.6. The third kappa shape index (κ3) is 2.03. The summed E-state index contributed by atoms with van der Waals surface area (Å²) in [6.45, 7) is 0. The summed E-state index contributed by atoms with van der Waals surface area (Å²) in [5, 5.41) is 0.978. The number of nitrogen functional groups attached to an aromatic ring is 1. The summed E-state index contributed by atoms with van der Waals surface area (Å²) in [5.74, 6) is -0.174. The Balaban J connectivity index is 2.11. The molecule has 6 nitrogen and oxygen atoms in total. The molecule has 0 aliphatic rings. The first kappa shape index (κ1) is 12.0. The minimum Gasteiger partial charge on any atom is -0.383 e. The molecule has 3 rings (SSSR count). The van der Waals surface area contributed by atoms with Crippen molar-refractivity contribution in [1.82, 2.24) is 15.0 Å². The second kappa shape index (κ2) is 4.58. The maximum absolute atomic E-state index is 11.1. The number of hydrogen-bond acceptors (Lipinski definition) is 5. The summed E-state index contributed by atoms with van der Waals surface area (Å²) in [6, 6.07) is 9.64. The second-order valence-electron chi connectivity index (χ2n) is 4.27. The summed E-state index contributed by atoms with van der Waals surface area (Å²) in [7, 11) is 0. The van der Waals surface area contributed by atoms with Gasteiger partial charge < -0.3 is 11.5 Å². The number of carbonyl (C=O) groups is 1. The molecule has 2 aromatic heterocycles. The van der Waals surface area contributed by atoms with Crippen LogP contribution in [0.15, 0.2) is 42.7 Å². The molecule has 0 radical (unpaired) electrons. The predicted molar refractivity (Wildman–Crippen MR) is 75.7 cm³/mol. The van der Waals surface area contributed by atoms with Crippen molar-refractivity contribution in [1.29, 1.82) is 0 Å². The number of anilines is 1. The van der Waals surface area contributed by atoms with Gasteiger partial charge >= 0.3 is 0 Å². The fourth-order valence-corrected chi connectivity index (χ4v) is 1.92. The lowest BCUT2D eigenvalue weighted by atomic mass is 10.1. The molecule has 4 N–H and O–H groups in total. The summed E-state index contributed by atoms with van der Waals surface area (Å²) >= 11 is 0. The zero-order valence-corrected chi connectivity index (χ0v) is 10.4. The summed E-state index contributed by atoms with van der Waals surface area (Å²) < 4.78 is 0. The Bertz CT molecular complexity index is 816. The number of rotatable bonds is 2. The normalized spacial score (nSPS) is 10.6. The number of amides is 1. The van der Waals surface area contributed by atoms with Gasteiger partial charge in [0.25, 0.3) is 5.91 Å². The Morgan fingerprint density at radius 3 is 2.65 bits per heavy atom. The van der Waals surface area contributed by atoms with Gasteiger partial charge in [0.2, 0.25) is 0 Å². The average molecular weight is 265 g/mol. The molecule has 1 amide bonds. The largest absolute Gasteiger partial charge is 0.383 e. The van der Waals surface area contributed by atoms with Crippen LogP contribution in [0.4, 0.5) is 5.82 Å². The molecule has 0 fully saturated rings. The Kier molecular flexibility index (Phi) is 2.76. The number of carbonyl (C=O) groups excluding carboxylic acids is 1. The Hall–Kier alpha value is -3.02. The fourth-order valence-electron chi connectivity index (χ4n) is 1.92. The molecule has 6 heteroatoms. The number of nitrogens with zero attached hydrogens (tertiary/aromatic N) is 3. The average Bonchev–Trinajstić information content (AvgIpc) is 2.46. The van der Waals surface area contributed by atoms with Crippen molar-refractivity contribution in [2.24, 2.45) is 5.73 Å². The number of para-hydroxylation sites is 1. The number of primary amides is 1. The highest BCUT2D eigenvalue weighted by molar-refractivity contribution is 5.97. The molecule has 0 unspecified atom stereocenters. The number of aromatic nitrogens is 3. The minimum absolute atomic E-state index is 0.0654. The van der Waals surface area contributed by atoms with Crippen LogP contribution in [0.3, 0.4) is 0 Å². The van der Waals surface area contributed by atoms with E-state index in [1.54, 1.807) is 6.20 Å². The van der Waals surface area contributed by atoms with Crippen LogP contribution in [0, 0.1) is 0 Å². The first-order valence-corrected chi connectivity index (χ1v) is 5.92. The molecule has 98 valence electrons. The fraction of sp³-hybridized carbons (Fsp3) is 0. The highest BCUT2D eigenvalue weighted by Crippen LogP contribution is 2.21. The molecule has 20 heavy (non-hydrogen) atoms. The van der Waals surface area contributed by atoms with E-state index in [9.17, 15) is 4.79 Å². The van der Waals surface area contributed by atoms with Crippen molar-refractivity contribution >= 4 is 22.6 Å². The van der Waals surface area contributed by atoms with Crippen molar-refractivity contribution in [3.05, 3.63) is 48.3 Å². The van der Waals surface area contributed by atoms with Gasteiger partial charge in [0.1, 0.15) is 5.82 Å². The maximum atomic E-state index is 11.1. The molecular formula is C14H11N5O. The van der Waals surface area contributed by atoms with E-state index in [4.69, 9.17) is 11.5 Å². The summed E-state index contributed by atoms with van der Waals surface area (Å²) in [4.78, 5) is 23.6. The van der Waals surface area contributed by atoms with E-state index < -0.39 is 5.91 Å². The van der Waals surface area contributed by atoms with Gasteiger partial charge in [-0.2, -0.15) is 0 Å². The van der Waals surface area contributed by atoms with Crippen LogP contribution in [-0.2, 0) is 0 Å². The van der Waals surface area contributed by atoms with Crippen LogP contribution in [0.2, 0.25) is 0 Å². The molecule has 3 aromatic rings. The van der Waals surface area contributed by atoms with Crippen molar-refractivity contribution in [3.8, 4) is 11.4 Å². The van der Waals surface area contributed by atoms with Gasteiger partial charge in [0, 0.05) is 23.3 Å². The smallest absolute Gasteiger partial charge is 0.254 e. The van der Waals surface area contributed by atoms with Gasteiger partial charge in [-0.1, -0.05) is 18.2 Å². The number of nitrogens with two attached hydrogens (primary N) is 2. The van der Waals surface area contributed by atoms with Gasteiger partial charge in [0.15, 0.2) is 5.82 Å². The van der Waals surface area contributed by atoms with E-state index in [-0.39, 0.29) is 11.4 Å². The molecule has 0 aliphatic heterocycles. The topological polar surface area (TPSA) is 108 Å². The number of hydrogen-bond donors (Lipinski definition) is 2. The first-order valence-electron chi connectivity index (χ1n) is 5.92. The van der Waals surface area contributed by atoms with Crippen LogP contribution in [0.5, 0.6) is 0 Å². The SMILES string of the molecule is NC(=O)c1cnc(-c2cnc3ccccc3c2)nc1N. The molecule has 0 bridgehead atoms. The van der Waals surface area contributed by atoms with Gasteiger partial charge in [-0.15, -0.1) is 0 Å². The molecule has 0 saturated heterocycles. The molecule has 0 atom stereocenters. The Labute approximate surface area is 114 Å². The Morgan fingerprint density at radius 2 is 1.90 bits per heavy atom. The molecule has 0 spiro atoms.